The highest BCUT2D eigenvalue weighted by molar-refractivity contribution is 6.06. The van der Waals surface area contributed by atoms with Gasteiger partial charge in [-0.25, -0.2) is 0 Å². The highest BCUT2D eigenvalue weighted by Crippen LogP contribution is 2.35. The van der Waals surface area contributed by atoms with Crippen LogP contribution in [0.4, 0.5) is 5.69 Å². The normalized spacial score (nSPS) is 20.8. The first kappa shape index (κ1) is 17.5. The van der Waals surface area contributed by atoms with E-state index < -0.39 is 5.54 Å². The fourth-order valence-corrected chi connectivity index (χ4v) is 2.90. The van der Waals surface area contributed by atoms with Crippen LogP contribution in [0.3, 0.4) is 0 Å². The average Bonchev–Trinajstić information content (AvgIpc) is 2.84. The van der Waals surface area contributed by atoms with Crippen LogP contribution >= 0.6 is 0 Å². The number of amides is 2. The van der Waals surface area contributed by atoms with Crippen LogP contribution < -0.4 is 10.2 Å². The summed E-state index contributed by atoms with van der Waals surface area (Å²) < 4.78 is 5.27. The molecule has 1 saturated heterocycles. The molecule has 1 heterocycles. The van der Waals surface area contributed by atoms with Gasteiger partial charge in [0, 0.05) is 31.9 Å². The van der Waals surface area contributed by atoms with Crippen LogP contribution in [0.2, 0.25) is 0 Å². The van der Waals surface area contributed by atoms with Gasteiger partial charge in [0.15, 0.2) is 0 Å². The van der Waals surface area contributed by atoms with Crippen LogP contribution in [0.15, 0.2) is 24.3 Å². The van der Waals surface area contributed by atoms with E-state index in [1.165, 1.54) is 0 Å². The van der Waals surface area contributed by atoms with Gasteiger partial charge in [-0.3, -0.25) is 14.5 Å². The summed E-state index contributed by atoms with van der Waals surface area (Å²) in [6.45, 7) is 7.67. The number of benzene rings is 1. The zero-order chi connectivity index (χ0) is 16.9. The maximum atomic E-state index is 12.7. The molecule has 23 heavy (non-hydrogen) atoms. The van der Waals surface area contributed by atoms with Crippen molar-refractivity contribution in [3.05, 3.63) is 29.8 Å². The third kappa shape index (κ3) is 3.91. The van der Waals surface area contributed by atoms with E-state index in [1.54, 1.807) is 4.90 Å². The minimum absolute atomic E-state index is 0.000759. The van der Waals surface area contributed by atoms with Gasteiger partial charge in [0.25, 0.3) is 0 Å². The monoisotopic (exact) mass is 318 g/mol. The lowest BCUT2D eigenvalue weighted by molar-refractivity contribution is -0.127. The summed E-state index contributed by atoms with van der Waals surface area (Å²) in [5, 5.41) is 2.94. The van der Waals surface area contributed by atoms with Crippen molar-refractivity contribution in [2.45, 2.75) is 45.6 Å². The number of aryl methyl sites for hydroxylation is 1. The molecular formula is C18H26N2O3. The lowest BCUT2D eigenvalue weighted by Gasteiger charge is -2.34. The number of rotatable bonds is 7. The second kappa shape index (κ2) is 7.59. The van der Waals surface area contributed by atoms with Crippen molar-refractivity contribution in [2.75, 3.05) is 24.7 Å². The summed E-state index contributed by atoms with van der Waals surface area (Å²) in [7, 11) is 0. The van der Waals surface area contributed by atoms with Crippen LogP contribution in [-0.2, 0) is 14.3 Å². The van der Waals surface area contributed by atoms with Crippen molar-refractivity contribution in [1.82, 2.24) is 5.32 Å². The molecule has 2 rings (SSSR count). The minimum atomic E-state index is -0.821. The highest BCUT2D eigenvalue weighted by atomic mass is 16.5. The van der Waals surface area contributed by atoms with Crippen LogP contribution in [0.1, 0.15) is 38.7 Å². The molecule has 126 valence electrons. The Morgan fingerprint density at radius 3 is 2.70 bits per heavy atom. The van der Waals surface area contributed by atoms with Gasteiger partial charge in [-0.1, -0.05) is 17.7 Å². The van der Waals surface area contributed by atoms with E-state index in [4.69, 9.17) is 4.74 Å². The summed E-state index contributed by atoms with van der Waals surface area (Å²) in [4.78, 5) is 26.6. The number of hydrogen-bond acceptors (Lipinski definition) is 3. The molecule has 0 spiro atoms. The van der Waals surface area contributed by atoms with Gasteiger partial charge >= 0.3 is 0 Å². The molecule has 1 fully saturated rings. The van der Waals surface area contributed by atoms with Crippen LogP contribution in [-0.4, -0.2) is 37.1 Å². The van der Waals surface area contributed by atoms with E-state index >= 15 is 0 Å². The molecule has 5 heteroatoms. The maximum absolute atomic E-state index is 12.7. The van der Waals surface area contributed by atoms with Crippen LogP contribution in [0.5, 0.6) is 0 Å². The van der Waals surface area contributed by atoms with E-state index in [-0.39, 0.29) is 11.8 Å². The molecule has 0 aromatic heterocycles. The van der Waals surface area contributed by atoms with Crippen LogP contribution in [0, 0.1) is 6.92 Å². The molecule has 0 aliphatic carbocycles. The Morgan fingerprint density at radius 2 is 2.04 bits per heavy atom. The number of anilines is 1. The van der Waals surface area contributed by atoms with Gasteiger partial charge in [0.05, 0.1) is 0 Å². The predicted molar refractivity (Wildman–Crippen MR) is 90.4 cm³/mol. The molecule has 1 aromatic carbocycles. The summed E-state index contributed by atoms with van der Waals surface area (Å²) in [6.07, 6.45) is 1.71. The molecule has 0 unspecified atom stereocenters. The van der Waals surface area contributed by atoms with Gasteiger partial charge in [-0.2, -0.15) is 0 Å². The predicted octanol–water partition coefficient (Wildman–Crippen LogP) is 2.42. The van der Waals surface area contributed by atoms with Crippen LogP contribution in [0.25, 0.3) is 0 Å². The lowest BCUT2D eigenvalue weighted by atomic mass is 9.97. The number of hydrogen-bond donors (Lipinski definition) is 1. The third-order valence-electron chi connectivity index (χ3n) is 4.31. The Kier molecular flexibility index (Phi) is 5.77. The average molecular weight is 318 g/mol. The van der Waals surface area contributed by atoms with Gasteiger partial charge in [0.2, 0.25) is 11.8 Å². The fourth-order valence-electron chi connectivity index (χ4n) is 2.90. The van der Waals surface area contributed by atoms with Crippen molar-refractivity contribution in [2.24, 2.45) is 0 Å². The quantitative estimate of drug-likeness (QED) is 0.786. The Morgan fingerprint density at radius 1 is 1.35 bits per heavy atom. The van der Waals surface area contributed by atoms with Crippen molar-refractivity contribution < 1.29 is 14.3 Å². The third-order valence-corrected chi connectivity index (χ3v) is 4.31. The Bertz CT molecular complexity index is 556. The van der Waals surface area contributed by atoms with E-state index in [2.05, 4.69) is 5.32 Å². The summed E-state index contributed by atoms with van der Waals surface area (Å²) >= 11 is 0. The number of ether oxygens (including phenoxy) is 1. The fraction of sp³-hybridized carbons (Fsp3) is 0.556. The zero-order valence-electron chi connectivity index (χ0n) is 14.2. The molecule has 1 aliphatic heterocycles. The topological polar surface area (TPSA) is 58.6 Å². The molecule has 1 N–H and O–H groups in total. The number of nitrogens with one attached hydrogen (secondary N) is 1. The summed E-state index contributed by atoms with van der Waals surface area (Å²) in [5.41, 5.74) is 1.09. The van der Waals surface area contributed by atoms with Gasteiger partial charge in [-0.15, -0.1) is 0 Å². The maximum Gasteiger partial charge on any atom is 0.246 e. The smallest absolute Gasteiger partial charge is 0.246 e. The SMILES string of the molecule is CCOCCCNC(=O)[C@]1(C)CCC(=O)N1c1ccc(C)cc1. The number of nitrogens with zero attached hydrogens (tertiary/aromatic N) is 1. The lowest BCUT2D eigenvalue weighted by Crippen LogP contribution is -2.55. The summed E-state index contributed by atoms with van der Waals surface area (Å²) in [6, 6.07) is 7.72. The molecule has 0 saturated carbocycles. The van der Waals surface area contributed by atoms with Crippen molar-refractivity contribution in [3.8, 4) is 0 Å². The molecule has 1 aliphatic rings. The van der Waals surface area contributed by atoms with E-state index in [0.717, 1.165) is 17.7 Å². The first-order chi connectivity index (χ1) is 11.0. The molecule has 1 aromatic rings. The first-order valence-electron chi connectivity index (χ1n) is 8.25. The highest BCUT2D eigenvalue weighted by Gasteiger charge is 2.47. The minimum Gasteiger partial charge on any atom is -0.382 e. The largest absolute Gasteiger partial charge is 0.382 e. The van der Waals surface area contributed by atoms with Crippen molar-refractivity contribution in [1.29, 1.82) is 0 Å². The van der Waals surface area contributed by atoms with E-state index in [0.29, 0.717) is 32.6 Å². The molecule has 0 radical (unpaired) electrons. The van der Waals surface area contributed by atoms with E-state index in [1.807, 2.05) is 45.0 Å². The molecule has 2 amide bonds. The van der Waals surface area contributed by atoms with E-state index in [9.17, 15) is 9.59 Å². The van der Waals surface area contributed by atoms with Gasteiger partial charge < -0.3 is 10.1 Å². The van der Waals surface area contributed by atoms with Gasteiger partial charge in [0.1, 0.15) is 5.54 Å². The second-order valence-electron chi connectivity index (χ2n) is 6.14. The molecule has 0 bridgehead atoms. The Hall–Kier alpha value is -1.88. The van der Waals surface area contributed by atoms with Crippen molar-refractivity contribution >= 4 is 17.5 Å². The zero-order valence-corrected chi connectivity index (χ0v) is 14.2. The number of carbonyl (C=O) groups excluding carboxylic acids is 2. The number of carbonyl (C=O) groups is 2. The summed E-state index contributed by atoms with van der Waals surface area (Å²) in [5.74, 6) is -0.0961. The molecular weight excluding hydrogens is 292 g/mol. The standard InChI is InChI=1S/C18H26N2O3/c1-4-23-13-5-12-19-17(22)18(3)11-10-16(21)20(18)15-8-6-14(2)7-9-15/h6-9H,4-5,10-13H2,1-3H3,(H,19,22)/t18-/m0/s1. The second-order valence-corrected chi connectivity index (χ2v) is 6.14. The molecule has 1 atom stereocenters. The molecule has 5 nitrogen and oxygen atoms in total. The first-order valence-corrected chi connectivity index (χ1v) is 8.25. The van der Waals surface area contributed by atoms with Gasteiger partial charge in [-0.05, 0) is 45.7 Å². The Labute approximate surface area is 138 Å². The van der Waals surface area contributed by atoms with Crippen molar-refractivity contribution in [3.63, 3.8) is 0 Å². The Balaban J connectivity index is 2.06.